The molecule has 1 heterocycles. The number of rotatable bonds is 4. The van der Waals surface area contributed by atoms with E-state index >= 15 is 0 Å². The Morgan fingerprint density at radius 1 is 1.15 bits per heavy atom. The van der Waals surface area contributed by atoms with Crippen LogP contribution in [0.2, 0.25) is 0 Å². The van der Waals surface area contributed by atoms with E-state index in [2.05, 4.69) is 54.0 Å². The Labute approximate surface area is 161 Å². The van der Waals surface area contributed by atoms with Crippen LogP contribution in [-0.2, 0) is 21.4 Å². The number of carbonyl (C=O) groups excluding carboxylic acids is 1. The predicted molar refractivity (Wildman–Crippen MR) is 107 cm³/mol. The number of piperidine rings is 1. The highest BCUT2D eigenvalue weighted by molar-refractivity contribution is 5.79. The van der Waals surface area contributed by atoms with Crippen LogP contribution in [0.3, 0.4) is 0 Å². The lowest BCUT2D eigenvalue weighted by Crippen LogP contribution is -2.49. The van der Waals surface area contributed by atoms with Crippen molar-refractivity contribution in [1.82, 2.24) is 10.6 Å². The fraction of sp³-hybridized carbons (Fsp3) is 0.435. The number of ether oxygens (including phenoxy) is 1. The van der Waals surface area contributed by atoms with Crippen LogP contribution in [-0.4, -0.2) is 32.2 Å². The summed E-state index contributed by atoms with van der Waals surface area (Å²) in [6.07, 6.45) is 2.43. The number of hydrogen-bond acceptors (Lipinski definition) is 3. The van der Waals surface area contributed by atoms with E-state index in [1.54, 1.807) is 7.11 Å². The minimum Gasteiger partial charge on any atom is -0.378 e. The van der Waals surface area contributed by atoms with E-state index in [0.717, 1.165) is 31.5 Å². The molecule has 1 amide bonds. The molecule has 2 aliphatic rings. The molecule has 2 aromatic rings. The number of benzene rings is 2. The van der Waals surface area contributed by atoms with E-state index in [1.807, 2.05) is 12.1 Å². The van der Waals surface area contributed by atoms with Gasteiger partial charge in [-0.05, 0) is 49.5 Å². The molecule has 1 fully saturated rings. The molecule has 1 aliphatic heterocycles. The second kappa shape index (κ2) is 7.45. The molecule has 1 spiro atoms. The van der Waals surface area contributed by atoms with Crippen molar-refractivity contribution in [3.8, 4) is 0 Å². The number of nitrogens with one attached hydrogen (secondary N) is 2. The molecular weight excluding hydrogens is 336 g/mol. The number of methoxy groups -OCH3 is 1. The van der Waals surface area contributed by atoms with Gasteiger partial charge in [-0.15, -0.1) is 0 Å². The van der Waals surface area contributed by atoms with E-state index in [4.69, 9.17) is 4.74 Å². The summed E-state index contributed by atoms with van der Waals surface area (Å²) in [4.78, 5) is 12.8. The molecule has 4 heteroatoms. The van der Waals surface area contributed by atoms with Crippen LogP contribution in [0.1, 0.15) is 41.1 Å². The molecule has 0 aromatic heterocycles. The van der Waals surface area contributed by atoms with Crippen molar-refractivity contribution in [2.24, 2.45) is 0 Å². The molecule has 0 bridgehead atoms. The topological polar surface area (TPSA) is 50.4 Å². The molecule has 0 unspecified atom stereocenters. The molecule has 2 aromatic carbocycles. The normalized spacial score (nSPS) is 23.2. The van der Waals surface area contributed by atoms with Gasteiger partial charge in [0.25, 0.3) is 0 Å². The number of aryl methyl sites for hydroxylation is 1. The maximum Gasteiger partial charge on any atom is 0.224 e. The highest BCUT2D eigenvalue weighted by Gasteiger charge is 2.53. The molecular formula is C23H28N2O2. The van der Waals surface area contributed by atoms with Gasteiger partial charge in [-0.3, -0.25) is 4.79 Å². The molecule has 4 nitrogen and oxygen atoms in total. The van der Waals surface area contributed by atoms with Crippen LogP contribution in [0.5, 0.6) is 0 Å². The number of fused-ring (bicyclic) bond motifs is 2. The smallest absolute Gasteiger partial charge is 0.224 e. The van der Waals surface area contributed by atoms with Gasteiger partial charge in [-0.2, -0.15) is 0 Å². The lowest BCUT2D eigenvalue weighted by molar-refractivity contribution is -0.122. The van der Waals surface area contributed by atoms with Crippen molar-refractivity contribution in [1.29, 1.82) is 0 Å². The third kappa shape index (κ3) is 3.28. The molecule has 4 rings (SSSR count). The second-order valence-electron chi connectivity index (χ2n) is 7.86. The van der Waals surface area contributed by atoms with Gasteiger partial charge in [0.15, 0.2) is 0 Å². The molecule has 1 aliphatic carbocycles. The van der Waals surface area contributed by atoms with Gasteiger partial charge in [0, 0.05) is 12.5 Å². The van der Waals surface area contributed by atoms with Crippen LogP contribution in [0.15, 0.2) is 48.5 Å². The number of carbonyl (C=O) groups is 1. The zero-order valence-electron chi connectivity index (χ0n) is 16.1. The van der Waals surface area contributed by atoms with Gasteiger partial charge >= 0.3 is 0 Å². The summed E-state index contributed by atoms with van der Waals surface area (Å²) in [6, 6.07) is 16.6. The van der Waals surface area contributed by atoms with E-state index < -0.39 is 0 Å². The fourth-order valence-electron chi connectivity index (χ4n) is 4.91. The van der Waals surface area contributed by atoms with Crippen LogP contribution in [0.25, 0.3) is 0 Å². The minimum absolute atomic E-state index is 0.0155. The summed E-state index contributed by atoms with van der Waals surface area (Å²) in [5.74, 6) is 0.0479. The summed E-state index contributed by atoms with van der Waals surface area (Å²) in [5.41, 5.74) is 4.78. The molecule has 0 saturated carbocycles. The van der Waals surface area contributed by atoms with E-state index in [1.165, 1.54) is 16.7 Å². The Hall–Kier alpha value is -2.17. The van der Waals surface area contributed by atoms with E-state index in [9.17, 15) is 4.79 Å². The molecule has 0 radical (unpaired) electrons. The molecule has 2 atom stereocenters. The van der Waals surface area contributed by atoms with Crippen molar-refractivity contribution in [3.63, 3.8) is 0 Å². The third-order valence-electron chi connectivity index (χ3n) is 6.23. The first kappa shape index (κ1) is 18.2. The van der Waals surface area contributed by atoms with Crippen molar-refractivity contribution >= 4 is 5.91 Å². The van der Waals surface area contributed by atoms with Crippen molar-refractivity contribution in [3.05, 3.63) is 70.8 Å². The van der Waals surface area contributed by atoms with Crippen LogP contribution >= 0.6 is 0 Å². The zero-order valence-corrected chi connectivity index (χ0v) is 16.1. The van der Waals surface area contributed by atoms with Crippen LogP contribution in [0.4, 0.5) is 0 Å². The molecule has 1 saturated heterocycles. The summed E-state index contributed by atoms with van der Waals surface area (Å²) < 4.78 is 6.02. The standard InChI is InChI=1S/C23H28N2O2/c1-16-7-9-17(10-8-16)15-20(26)25-21-18-5-3-4-6-19(18)23(22(21)27-2)11-13-24-14-12-23/h3-10,21-22,24H,11-15H2,1-2H3,(H,25,26)/t21-,22+/m0/s1. The lowest BCUT2D eigenvalue weighted by atomic mass is 9.72. The van der Waals surface area contributed by atoms with Gasteiger partial charge in [0.1, 0.15) is 0 Å². The predicted octanol–water partition coefficient (Wildman–Crippen LogP) is 3.04. The highest BCUT2D eigenvalue weighted by Crippen LogP contribution is 2.51. The maximum atomic E-state index is 12.8. The largest absolute Gasteiger partial charge is 0.378 e. The Morgan fingerprint density at radius 3 is 2.56 bits per heavy atom. The van der Waals surface area contributed by atoms with Gasteiger partial charge in [0.05, 0.1) is 18.6 Å². The minimum atomic E-state index is -0.0951. The summed E-state index contributed by atoms with van der Waals surface area (Å²) in [7, 11) is 1.78. The average molecular weight is 364 g/mol. The summed E-state index contributed by atoms with van der Waals surface area (Å²) in [5, 5.41) is 6.75. The van der Waals surface area contributed by atoms with Gasteiger partial charge in [-0.25, -0.2) is 0 Å². The van der Waals surface area contributed by atoms with E-state index in [0.29, 0.717) is 6.42 Å². The number of amides is 1. The van der Waals surface area contributed by atoms with Gasteiger partial charge < -0.3 is 15.4 Å². The summed E-state index contributed by atoms with van der Waals surface area (Å²) in [6.45, 7) is 4.03. The average Bonchev–Trinajstić information content (AvgIpc) is 2.93. The fourth-order valence-corrected chi connectivity index (χ4v) is 4.91. The Kier molecular flexibility index (Phi) is 5.02. The first-order valence-electron chi connectivity index (χ1n) is 9.82. The molecule has 142 valence electrons. The first-order chi connectivity index (χ1) is 13.1. The van der Waals surface area contributed by atoms with Gasteiger partial charge in [0.2, 0.25) is 5.91 Å². The van der Waals surface area contributed by atoms with Crippen LogP contribution in [0, 0.1) is 6.92 Å². The molecule has 27 heavy (non-hydrogen) atoms. The monoisotopic (exact) mass is 364 g/mol. The van der Waals surface area contributed by atoms with Crippen molar-refractivity contribution in [2.45, 2.75) is 43.7 Å². The Morgan fingerprint density at radius 2 is 1.85 bits per heavy atom. The number of hydrogen-bond donors (Lipinski definition) is 2. The highest BCUT2D eigenvalue weighted by atomic mass is 16.5. The van der Waals surface area contributed by atoms with E-state index in [-0.39, 0.29) is 23.5 Å². The summed E-state index contributed by atoms with van der Waals surface area (Å²) >= 11 is 0. The van der Waals surface area contributed by atoms with Crippen LogP contribution < -0.4 is 10.6 Å². The Balaban J connectivity index is 1.59. The van der Waals surface area contributed by atoms with Crippen molar-refractivity contribution in [2.75, 3.05) is 20.2 Å². The zero-order chi connectivity index (χ0) is 18.9. The SMILES string of the molecule is CO[C@@H]1[C@@H](NC(=O)Cc2ccc(C)cc2)c2ccccc2C12CCNCC2. The first-order valence-corrected chi connectivity index (χ1v) is 9.82. The van der Waals surface area contributed by atoms with Gasteiger partial charge in [-0.1, -0.05) is 54.1 Å². The maximum absolute atomic E-state index is 12.8. The lowest BCUT2D eigenvalue weighted by Gasteiger charge is -2.40. The quantitative estimate of drug-likeness (QED) is 0.877. The third-order valence-corrected chi connectivity index (χ3v) is 6.23. The second-order valence-corrected chi connectivity index (χ2v) is 7.86. The van der Waals surface area contributed by atoms with Crippen molar-refractivity contribution < 1.29 is 9.53 Å². The Bertz CT molecular complexity index is 809. The molecule has 2 N–H and O–H groups in total.